The molecule has 4 nitrogen and oxygen atoms in total. The van der Waals surface area contributed by atoms with Crippen molar-refractivity contribution in [1.29, 1.82) is 0 Å². The number of benzene rings is 2. The van der Waals surface area contributed by atoms with Crippen LogP contribution in [0, 0.1) is 11.6 Å². The standard InChI is InChI=1S/C18H20F2N2O2S/c19-17-7-6-16(12-18(17)20)25(23,24)21-15-8-10-22(11-9-15)13-14-4-2-1-3-5-14/h1-7,12,15,21H,8-11,13H2. The van der Waals surface area contributed by atoms with E-state index in [1.807, 2.05) is 18.2 Å². The maximum absolute atomic E-state index is 13.3. The molecular weight excluding hydrogens is 346 g/mol. The van der Waals surface area contributed by atoms with Crippen molar-refractivity contribution in [2.24, 2.45) is 0 Å². The van der Waals surface area contributed by atoms with Crippen LogP contribution >= 0.6 is 0 Å². The summed E-state index contributed by atoms with van der Waals surface area (Å²) in [4.78, 5) is 2.02. The second-order valence-corrected chi connectivity index (χ2v) is 7.95. The summed E-state index contributed by atoms with van der Waals surface area (Å²) in [5.74, 6) is -2.23. The SMILES string of the molecule is O=S(=O)(NC1CCN(Cc2ccccc2)CC1)c1ccc(F)c(F)c1. The van der Waals surface area contributed by atoms with Crippen LogP contribution in [0.15, 0.2) is 53.4 Å². The fourth-order valence-electron chi connectivity index (χ4n) is 2.98. The quantitative estimate of drug-likeness (QED) is 0.885. The molecule has 0 aliphatic carbocycles. The van der Waals surface area contributed by atoms with Crippen LogP contribution in [0.5, 0.6) is 0 Å². The lowest BCUT2D eigenvalue weighted by molar-refractivity contribution is 0.200. The van der Waals surface area contributed by atoms with Crippen molar-refractivity contribution >= 4 is 10.0 Å². The minimum Gasteiger partial charge on any atom is -0.299 e. The van der Waals surface area contributed by atoms with Gasteiger partial charge in [-0.3, -0.25) is 4.90 Å². The van der Waals surface area contributed by atoms with Crippen molar-refractivity contribution in [2.75, 3.05) is 13.1 Å². The largest absolute Gasteiger partial charge is 0.299 e. The van der Waals surface area contributed by atoms with E-state index < -0.39 is 21.7 Å². The van der Waals surface area contributed by atoms with Crippen molar-refractivity contribution in [1.82, 2.24) is 9.62 Å². The Labute approximate surface area is 146 Å². The van der Waals surface area contributed by atoms with Gasteiger partial charge in [0, 0.05) is 25.7 Å². The summed E-state index contributed by atoms with van der Waals surface area (Å²) < 4.78 is 53.5. The number of sulfonamides is 1. The number of rotatable bonds is 5. The first-order valence-electron chi connectivity index (χ1n) is 8.18. The molecule has 3 rings (SSSR count). The van der Waals surface area contributed by atoms with E-state index in [0.29, 0.717) is 18.9 Å². The second-order valence-electron chi connectivity index (χ2n) is 6.23. The molecule has 0 aromatic heterocycles. The number of piperidine rings is 1. The molecule has 1 aliphatic heterocycles. The summed E-state index contributed by atoms with van der Waals surface area (Å²) in [6.45, 7) is 2.39. The van der Waals surface area contributed by atoms with Gasteiger partial charge >= 0.3 is 0 Å². The summed E-state index contributed by atoms with van der Waals surface area (Å²) >= 11 is 0. The molecule has 1 fully saturated rings. The van der Waals surface area contributed by atoms with E-state index in [0.717, 1.165) is 31.8 Å². The van der Waals surface area contributed by atoms with Crippen LogP contribution in [0.2, 0.25) is 0 Å². The van der Waals surface area contributed by atoms with Crippen molar-refractivity contribution < 1.29 is 17.2 Å². The molecule has 2 aromatic rings. The number of hydrogen-bond acceptors (Lipinski definition) is 3. The minimum absolute atomic E-state index is 0.204. The number of hydrogen-bond donors (Lipinski definition) is 1. The van der Waals surface area contributed by atoms with E-state index in [2.05, 4.69) is 21.8 Å². The van der Waals surface area contributed by atoms with Gasteiger partial charge in [-0.05, 0) is 36.6 Å². The zero-order valence-electron chi connectivity index (χ0n) is 13.7. The van der Waals surface area contributed by atoms with Crippen LogP contribution in [0.3, 0.4) is 0 Å². The van der Waals surface area contributed by atoms with Crippen LogP contribution in [-0.2, 0) is 16.6 Å². The molecule has 0 atom stereocenters. The lowest BCUT2D eigenvalue weighted by Gasteiger charge is -2.32. The highest BCUT2D eigenvalue weighted by Crippen LogP contribution is 2.18. The molecule has 0 spiro atoms. The lowest BCUT2D eigenvalue weighted by Crippen LogP contribution is -2.44. The van der Waals surface area contributed by atoms with E-state index in [9.17, 15) is 17.2 Å². The van der Waals surface area contributed by atoms with E-state index in [1.54, 1.807) is 0 Å². The Morgan fingerprint density at radius 3 is 2.32 bits per heavy atom. The third-order valence-electron chi connectivity index (χ3n) is 4.36. The lowest BCUT2D eigenvalue weighted by atomic mass is 10.1. The first-order chi connectivity index (χ1) is 11.9. The highest BCUT2D eigenvalue weighted by molar-refractivity contribution is 7.89. The summed E-state index contributed by atoms with van der Waals surface area (Å²) in [7, 11) is -3.85. The van der Waals surface area contributed by atoms with Gasteiger partial charge in [0.25, 0.3) is 0 Å². The number of halogens is 2. The molecule has 7 heteroatoms. The molecular formula is C18H20F2N2O2S. The van der Waals surface area contributed by atoms with Crippen LogP contribution in [-0.4, -0.2) is 32.4 Å². The molecule has 0 saturated carbocycles. The normalized spacial score (nSPS) is 16.9. The predicted octanol–water partition coefficient (Wildman–Crippen LogP) is 2.91. The molecule has 1 N–H and O–H groups in total. The predicted molar refractivity (Wildman–Crippen MR) is 91.4 cm³/mol. The Morgan fingerprint density at radius 2 is 1.68 bits per heavy atom. The van der Waals surface area contributed by atoms with Gasteiger partial charge in [-0.15, -0.1) is 0 Å². The third kappa shape index (κ3) is 4.62. The van der Waals surface area contributed by atoms with Gasteiger partial charge in [-0.25, -0.2) is 21.9 Å². The number of likely N-dealkylation sites (tertiary alicyclic amines) is 1. The third-order valence-corrected chi connectivity index (χ3v) is 5.88. The summed E-state index contributed by atoms with van der Waals surface area (Å²) in [6, 6.07) is 12.5. The van der Waals surface area contributed by atoms with E-state index in [4.69, 9.17) is 0 Å². The molecule has 134 valence electrons. The van der Waals surface area contributed by atoms with E-state index in [1.165, 1.54) is 5.56 Å². The highest BCUT2D eigenvalue weighted by atomic mass is 32.2. The molecule has 1 saturated heterocycles. The van der Waals surface area contributed by atoms with Gasteiger partial charge in [-0.1, -0.05) is 30.3 Å². The molecule has 2 aromatic carbocycles. The van der Waals surface area contributed by atoms with Crippen molar-refractivity contribution in [3.05, 3.63) is 65.7 Å². The maximum Gasteiger partial charge on any atom is 0.240 e. The van der Waals surface area contributed by atoms with Crippen LogP contribution in [0.25, 0.3) is 0 Å². The summed E-state index contributed by atoms with van der Waals surface area (Å²) in [5, 5.41) is 0. The Morgan fingerprint density at radius 1 is 1.00 bits per heavy atom. The van der Waals surface area contributed by atoms with Crippen LogP contribution in [0.4, 0.5) is 8.78 Å². The number of nitrogens with one attached hydrogen (secondary N) is 1. The average Bonchev–Trinajstić information content (AvgIpc) is 2.60. The second kappa shape index (κ2) is 7.59. The van der Waals surface area contributed by atoms with Crippen LogP contribution in [0.1, 0.15) is 18.4 Å². The Bertz CT molecular complexity index is 820. The fourth-order valence-corrected chi connectivity index (χ4v) is 4.30. The average molecular weight is 366 g/mol. The Hall–Kier alpha value is -1.83. The topological polar surface area (TPSA) is 49.4 Å². The molecule has 0 radical (unpaired) electrons. The van der Waals surface area contributed by atoms with Gasteiger partial charge in [0.15, 0.2) is 11.6 Å². The molecule has 1 heterocycles. The van der Waals surface area contributed by atoms with E-state index >= 15 is 0 Å². The first-order valence-corrected chi connectivity index (χ1v) is 9.66. The van der Waals surface area contributed by atoms with Gasteiger partial charge in [0.1, 0.15) is 0 Å². The minimum atomic E-state index is -3.85. The fraction of sp³-hybridized carbons (Fsp3) is 0.333. The molecule has 0 amide bonds. The van der Waals surface area contributed by atoms with Crippen molar-refractivity contribution in [2.45, 2.75) is 30.3 Å². The first kappa shape index (κ1) is 18.0. The van der Waals surface area contributed by atoms with Gasteiger partial charge in [0.05, 0.1) is 4.90 Å². The Balaban J connectivity index is 1.57. The molecule has 0 bridgehead atoms. The Kier molecular flexibility index (Phi) is 5.46. The molecule has 25 heavy (non-hydrogen) atoms. The maximum atomic E-state index is 13.3. The van der Waals surface area contributed by atoms with E-state index in [-0.39, 0.29) is 10.9 Å². The van der Waals surface area contributed by atoms with Crippen molar-refractivity contribution in [3.63, 3.8) is 0 Å². The summed E-state index contributed by atoms with van der Waals surface area (Å²) in [5.41, 5.74) is 1.23. The zero-order chi connectivity index (χ0) is 17.9. The highest BCUT2D eigenvalue weighted by Gasteiger charge is 2.25. The smallest absolute Gasteiger partial charge is 0.240 e. The van der Waals surface area contributed by atoms with Crippen molar-refractivity contribution in [3.8, 4) is 0 Å². The van der Waals surface area contributed by atoms with Gasteiger partial charge in [0.2, 0.25) is 10.0 Å². The molecule has 0 unspecified atom stereocenters. The number of nitrogens with zero attached hydrogens (tertiary/aromatic N) is 1. The zero-order valence-corrected chi connectivity index (χ0v) is 14.5. The van der Waals surface area contributed by atoms with Crippen LogP contribution < -0.4 is 4.72 Å². The van der Waals surface area contributed by atoms with Gasteiger partial charge < -0.3 is 0 Å². The summed E-state index contributed by atoms with van der Waals surface area (Å²) in [6.07, 6.45) is 1.35. The van der Waals surface area contributed by atoms with Gasteiger partial charge in [-0.2, -0.15) is 0 Å². The monoisotopic (exact) mass is 366 g/mol. The molecule has 1 aliphatic rings.